The highest BCUT2D eigenvalue weighted by Crippen LogP contribution is 2.18. The third kappa shape index (κ3) is 5.96. The molecule has 7 heteroatoms. The van der Waals surface area contributed by atoms with Crippen molar-refractivity contribution >= 4 is 5.91 Å². The predicted molar refractivity (Wildman–Crippen MR) is 124 cm³/mol. The molecular formula is C25H30N4O3. The summed E-state index contributed by atoms with van der Waals surface area (Å²) in [6.07, 6.45) is 2.16. The Kier molecular flexibility index (Phi) is 7.53. The van der Waals surface area contributed by atoms with Gasteiger partial charge in [0.1, 0.15) is 18.1 Å². The molecule has 4 rings (SSSR count). The molecule has 0 atom stereocenters. The SMILES string of the molecule is CN(CCOc1cccc(CNC(=O)c2cc(-c3ccccc3)n[nH]2)c1)C1CCOCC1. The van der Waals surface area contributed by atoms with Gasteiger partial charge < -0.3 is 14.8 Å². The van der Waals surface area contributed by atoms with Gasteiger partial charge in [0, 0.05) is 37.9 Å². The van der Waals surface area contributed by atoms with Gasteiger partial charge in [-0.15, -0.1) is 0 Å². The van der Waals surface area contributed by atoms with Gasteiger partial charge in [-0.1, -0.05) is 42.5 Å². The fourth-order valence-corrected chi connectivity index (χ4v) is 3.83. The van der Waals surface area contributed by atoms with Crippen molar-refractivity contribution in [3.63, 3.8) is 0 Å². The Balaban J connectivity index is 1.25. The maximum Gasteiger partial charge on any atom is 0.269 e. The third-order valence-corrected chi connectivity index (χ3v) is 5.77. The Labute approximate surface area is 188 Å². The highest BCUT2D eigenvalue weighted by Gasteiger charge is 2.18. The van der Waals surface area contributed by atoms with Gasteiger partial charge in [-0.25, -0.2) is 0 Å². The molecule has 1 aliphatic rings. The van der Waals surface area contributed by atoms with Crippen LogP contribution in [0.2, 0.25) is 0 Å². The molecule has 0 saturated carbocycles. The summed E-state index contributed by atoms with van der Waals surface area (Å²) in [5, 5.41) is 10.00. The number of amides is 1. The number of aromatic nitrogens is 2. The van der Waals surface area contributed by atoms with Crippen LogP contribution in [0.15, 0.2) is 60.7 Å². The van der Waals surface area contributed by atoms with E-state index in [1.54, 1.807) is 6.07 Å². The van der Waals surface area contributed by atoms with Crippen molar-refractivity contribution in [3.05, 3.63) is 71.9 Å². The van der Waals surface area contributed by atoms with E-state index >= 15 is 0 Å². The fourth-order valence-electron chi connectivity index (χ4n) is 3.83. The van der Waals surface area contributed by atoms with Gasteiger partial charge in [0.2, 0.25) is 0 Å². The lowest BCUT2D eigenvalue weighted by Gasteiger charge is -2.31. The van der Waals surface area contributed by atoms with Crippen LogP contribution in [0.1, 0.15) is 28.9 Å². The van der Waals surface area contributed by atoms with E-state index in [1.807, 2.05) is 54.6 Å². The molecule has 0 radical (unpaired) electrons. The number of hydrogen-bond donors (Lipinski definition) is 2. The summed E-state index contributed by atoms with van der Waals surface area (Å²) in [4.78, 5) is 14.9. The topological polar surface area (TPSA) is 79.5 Å². The van der Waals surface area contributed by atoms with Crippen molar-refractivity contribution < 1.29 is 14.3 Å². The molecule has 0 bridgehead atoms. The molecule has 3 aromatic rings. The van der Waals surface area contributed by atoms with Crippen LogP contribution in [0.4, 0.5) is 0 Å². The summed E-state index contributed by atoms with van der Waals surface area (Å²) in [6.45, 7) is 3.60. The lowest BCUT2D eigenvalue weighted by atomic mass is 10.1. The largest absolute Gasteiger partial charge is 0.492 e. The van der Waals surface area contributed by atoms with E-state index in [4.69, 9.17) is 9.47 Å². The molecule has 0 spiro atoms. The van der Waals surface area contributed by atoms with E-state index in [0.29, 0.717) is 24.9 Å². The van der Waals surface area contributed by atoms with Crippen molar-refractivity contribution in [1.82, 2.24) is 20.4 Å². The first-order valence-electron chi connectivity index (χ1n) is 11.1. The summed E-state index contributed by atoms with van der Waals surface area (Å²) in [7, 11) is 2.14. The van der Waals surface area contributed by atoms with Crippen LogP contribution in [-0.4, -0.2) is 60.5 Å². The van der Waals surface area contributed by atoms with Crippen LogP contribution in [0, 0.1) is 0 Å². The highest BCUT2D eigenvalue weighted by molar-refractivity contribution is 5.93. The summed E-state index contributed by atoms with van der Waals surface area (Å²) in [5.74, 6) is 0.620. The highest BCUT2D eigenvalue weighted by atomic mass is 16.5. The van der Waals surface area contributed by atoms with Crippen molar-refractivity contribution in [3.8, 4) is 17.0 Å². The molecule has 2 heterocycles. The second kappa shape index (κ2) is 10.9. The molecule has 0 aliphatic carbocycles. The first-order valence-corrected chi connectivity index (χ1v) is 11.1. The monoisotopic (exact) mass is 434 g/mol. The minimum absolute atomic E-state index is 0.191. The van der Waals surface area contributed by atoms with E-state index in [2.05, 4.69) is 27.5 Å². The number of aromatic amines is 1. The second-order valence-electron chi connectivity index (χ2n) is 8.04. The Morgan fingerprint density at radius 3 is 2.78 bits per heavy atom. The molecule has 168 valence electrons. The number of hydrogen-bond acceptors (Lipinski definition) is 5. The average Bonchev–Trinajstić information content (AvgIpc) is 3.34. The molecule has 1 aliphatic heterocycles. The summed E-state index contributed by atoms with van der Waals surface area (Å²) < 4.78 is 11.4. The maximum absolute atomic E-state index is 12.5. The number of carbonyl (C=O) groups is 1. The average molecular weight is 435 g/mol. The van der Waals surface area contributed by atoms with Crippen molar-refractivity contribution in [2.45, 2.75) is 25.4 Å². The quantitative estimate of drug-likeness (QED) is 0.539. The summed E-state index contributed by atoms with van der Waals surface area (Å²) in [6, 6.07) is 19.9. The number of nitrogens with zero attached hydrogens (tertiary/aromatic N) is 2. The molecule has 2 N–H and O–H groups in total. The van der Waals surface area contributed by atoms with Crippen LogP contribution in [-0.2, 0) is 11.3 Å². The number of rotatable bonds is 9. The van der Waals surface area contributed by atoms with E-state index in [9.17, 15) is 4.79 Å². The number of H-pyrrole nitrogens is 1. The lowest BCUT2D eigenvalue weighted by molar-refractivity contribution is 0.0392. The van der Waals surface area contributed by atoms with Gasteiger partial charge in [0.25, 0.3) is 5.91 Å². The zero-order valence-corrected chi connectivity index (χ0v) is 18.4. The first-order chi connectivity index (χ1) is 15.7. The standard InChI is InChI=1S/C25H30N4O3/c1-29(21-10-13-31-14-11-21)12-15-32-22-9-5-6-19(16-22)18-26-25(30)24-17-23(27-28-24)20-7-3-2-4-8-20/h2-9,16-17,21H,10-15,18H2,1H3,(H,26,30)(H,27,28). The van der Waals surface area contributed by atoms with Gasteiger partial charge in [-0.2, -0.15) is 5.10 Å². The van der Waals surface area contributed by atoms with Crippen LogP contribution >= 0.6 is 0 Å². The van der Waals surface area contributed by atoms with Gasteiger partial charge in [0.15, 0.2) is 0 Å². The molecule has 1 saturated heterocycles. The fraction of sp³-hybridized carbons (Fsp3) is 0.360. The zero-order chi connectivity index (χ0) is 22.2. The van der Waals surface area contributed by atoms with Gasteiger partial charge >= 0.3 is 0 Å². The third-order valence-electron chi connectivity index (χ3n) is 5.77. The van der Waals surface area contributed by atoms with Crippen LogP contribution in [0.25, 0.3) is 11.3 Å². The Bertz CT molecular complexity index is 999. The van der Waals surface area contributed by atoms with Crippen molar-refractivity contribution in [2.75, 3.05) is 33.4 Å². The Morgan fingerprint density at radius 2 is 1.97 bits per heavy atom. The van der Waals surface area contributed by atoms with Gasteiger partial charge in [-0.05, 0) is 43.7 Å². The normalized spacial score (nSPS) is 14.4. The van der Waals surface area contributed by atoms with Crippen molar-refractivity contribution in [1.29, 1.82) is 0 Å². The van der Waals surface area contributed by atoms with Crippen LogP contribution < -0.4 is 10.1 Å². The smallest absolute Gasteiger partial charge is 0.269 e. The van der Waals surface area contributed by atoms with Crippen molar-refractivity contribution in [2.24, 2.45) is 0 Å². The molecule has 2 aromatic carbocycles. The number of nitrogens with one attached hydrogen (secondary N) is 2. The molecular weight excluding hydrogens is 404 g/mol. The zero-order valence-electron chi connectivity index (χ0n) is 18.4. The summed E-state index contributed by atoms with van der Waals surface area (Å²) in [5.41, 5.74) is 3.14. The second-order valence-corrected chi connectivity index (χ2v) is 8.04. The minimum atomic E-state index is -0.191. The van der Waals surface area contributed by atoms with Gasteiger partial charge in [-0.3, -0.25) is 14.8 Å². The molecule has 1 amide bonds. The first kappa shape index (κ1) is 22.0. The number of likely N-dealkylation sites (N-methyl/N-ethyl adjacent to an activating group) is 1. The molecule has 32 heavy (non-hydrogen) atoms. The number of ether oxygens (including phenoxy) is 2. The van der Waals surface area contributed by atoms with E-state index < -0.39 is 0 Å². The van der Waals surface area contributed by atoms with Crippen LogP contribution in [0.5, 0.6) is 5.75 Å². The predicted octanol–water partition coefficient (Wildman–Crippen LogP) is 3.50. The molecule has 7 nitrogen and oxygen atoms in total. The number of carbonyl (C=O) groups excluding carboxylic acids is 1. The van der Waals surface area contributed by atoms with E-state index in [0.717, 1.165) is 55.2 Å². The molecule has 1 fully saturated rings. The van der Waals surface area contributed by atoms with Gasteiger partial charge in [0.05, 0.1) is 5.69 Å². The lowest BCUT2D eigenvalue weighted by Crippen LogP contribution is -2.38. The minimum Gasteiger partial charge on any atom is -0.492 e. The maximum atomic E-state index is 12.5. The van der Waals surface area contributed by atoms with E-state index in [-0.39, 0.29) is 5.91 Å². The summed E-state index contributed by atoms with van der Waals surface area (Å²) >= 11 is 0. The molecule has 1 aromatic heterocycles. The van der Waals surface area contributed by atoms with E-state index in [1.165, 1.54) is 0 Å². The van der Waals surface area contributed by atoms with Crippen LogP contribution in [0.3, 0.4) is 0 Å². The number of benzene rings is 2. The Morgan fingerprint density at radius 1 is 1.16 bits per heavy atom. The molecule has 0 unspecified atom stereocenters. The Hall–Kier alpha value is -3.16.